The molecule has 1 aliphatic heterocycles. The predicted octanol–water partition coefficient (Wildman–Crippen LogP) is 3.11. The van der Waals surface area contributed by atoms with Gasteiger partial charge < -0.3 is 15.0 Å². The highest BCUT2D eigenvalue weighted by atomic mass is 32.2. The number of benzene rings is 2. The zero-order chi connectivity index (χ0) is 24.5. The van der Waals surface area contributed by atoms with Gasteiger partial charge in [0.05, 0.1) is 11.3 Å². The number of esters is 1. The first-order chi connectivity index (χ1) is 16.3. The lowest BCUT2D eigenvalue weighted by Crippen LogP contribution is -2.49. The monoisotopic (exact) mass is 483 g/mol. The van der Waals surface area contributed by atoms with Crippen LogP contribution >= 0.6 is 11.8 Å². The van der Waals surface area contributed by atoms with E-state index in [0.29, 0.717) is 23.5 Å². The van der Waals surface area contributed by atoms with Crippen LogP contribution in [0.3, 0.4) is 0 Å². The van der Waals surface area contributed by atoms with Gasteiger partial charge in [-0.05, 0) is 38.5 Å². The molecule has 0 aliphatic carbocycles. The number of nitrogens with one attached hydrogen (secondary N) is 1. The van der Waals surface area contributed by atoms with Crippen molar-refractivity contribution in [3.8, 4) is 0 Å². The van der Waals surface area contributed by atoms with Gasteiger partial charge >= 0.3 is 5.97 Å². The normalized spacial score (nSPS) is 14.2. The zero-order valence-electron chi connectivity index (χ0n) is 20.1. The fourth-order valence-electron chi connectivity index (χ4n) is 3.79. The van der Waals surface area contributed by atoms with Crippen molar-refractivity contribution in [2.75, 3.05) is 38.5 Å². The highest BCUT2D eigenvalue weighted by Crippen LogP contribution is 2.23. The largest absolute Gasteiger partial charge is 0.452 e. The average molecular weight is 484 g/mol. The highest BCUT2D eigenvalue weighted by molar-refractivity contribution is 8.00. The zero-order valence-corrected chi connectivity index (χ0v) is 20.9. The Labute approximate surface area is 205 Å². The molecule has 0 saturated carbocycles. The van der Waals surface area contributed by atoms with Gasteiger partial charge in [-0.1, -0.05) is 42.0 Å². The lowest BCUT2D eigenvalue weighted by Gasteiger charge is -2.34. The lowest BCUT2D eigenvalue weighted by atomic mass is 10.1. The maximum absolute atomic E-state index is 12.6. The first-order valence-electron chi connectivity index (χ1n) is 11.6. The van der Waals surface area contributed by atoms with Crippen LogP contribution in [0.2, 0.25) is 0 Å². The van der Waals surface area contributed by atoms with E-state index in [1.54, 1.807) is 29.2 Å². The first kappa shape index (κ1) is 25.8. The predicted molar refractivity (Wildman–Crippen MR) is 134 cm³/mol. The summed E-state index contributed by atoms with van der Waals surface area (Å²) in [5.74, 6) is -0.641. The van der Waals surface area contributed by atoms with Crippen molar-refractivity contribution >= 4 is 29.5 Å². The molecule has 34 heavy (non-hydrogen) atoms. The molecule has 0 aromatic heterocycles. The van der Waals surface area contributed by atoms with Crippen molar-refractivity contribution in [1.82, 2.24) is 15.1 Å². The molecule has 0 atom stereocenters. The fraction of sp³-hybridized carbons (Fsp3) is 0.423. The summed E-state index contributed by atoms with van der Waals surface area (Å²) >= 11 is 1.28. The second-order valence-electron chi connectivity index (χ2n) is 8.73. The molecule has 1 saturated heterocycles. The number of hydrogen-bond acceptors (Lipinski definition) is 6. The van der Waals surface area contributed by atoms with Gasteiger partial charge in [-0.25, -0.2) is 4.79 Å². The summed E-state index contributed by atoms with van der Waals surface area (Å²) in [5, 5.41) is 2.83. The van der Waals surface area contributed by atoms with E-state index in [1.807, 2.05) is 13.8 Å². The maximum Gasteiger partial charge on any atom is 0.339 e. The van der Waals surface area contributed by atoms with Crippen LogP contribution in [0.1, 0.15) is 35.3 Å². The minimum Gasteiger partial charge on any atom is -0.452 e. The molecule has 1 N–H and O–H groups in total. The van der Waals surface area contributed by atoms with E-state index in [-0.39, 0.29) is 30.2 Å². The van der Waals surface area contributed by atoms with Crippen LogP contribution in [-0.4, -0.2) is 72.2 Å². The van der Waals surface area contributed by atoms with Crippen molar-refractivity contribution in [1.29, 1.82) is 0 Å². The molecule has 2 amide bonds. The van der Waals surface area contributed by atoms with E-state index in [2.05, 4.69) is 41.4 Å². The maximum atomic E-state index is 12.6. The molecular formula is C26H33N3O4S. The van der Waals surface area contributed by atoms with Gasteiger partial charge in [0.1, 0.15) is 0 Å². The standard InChI is InChI=1S/C26H33N3O4S/c1-19(2)27-24(30)18-34-23-10-5-4-9-22(23)26(32)33-17-25(31)29-13-11-28(12-14-29)16-21-8-6-7-20(3)15-21/h4-10,15,19H,11-14,16-18H2,1-3H3,(H,27,30). The number of carbonyl (C=O) groups excluding carboxylic acids is 3. The highest BCUT2D eigenvalue weighted by Gasteiger charge is 2.23. The Morgan fingerprint density at radius 1 is 1.03 bits per heavy atom. The third-order valence-corrected chi connectivity index (χ3v) is 6.53. The number of amides is 2. The average Bonchev–Trinajstić information content (AvgIpc) is 2.81. The summed E-state index contributed by atoms with van der Waals surface area (Å²) in [4.78, 5) is 41.9. The lowest BCUT2D eigenvalue weighted by molar-refractivity contribution is -0.136. The van der Waals surface area contributed by atoms with Crippen LogP contribution in [-0.2, 0) is 20.9 Å². The quantitative estimate of drug-likeness (QED) is 0.436. The number of rotatable bonds is 9. The van der Waals surface area contributed by atoms with E-state index < -0.39 is 5.97 Å². The third-order valence-electron chi connectivity index (χ3n) is 5.46. The van der Waals surface area contributed by atoms with Crippen molar-refractivity contribution in [3.63, 3.8) is 0 Å². The van der Waals surface area contributed by atoms with E-state index in [9.17, 15) is 14.4 Å². The summed E-state index contributed by atoms with van der Waals surface area (Å²) in [5.41, 5.74) is 2.87. The van der Waals surface area contributed by atoms with Gasteiger partial charge in [-0.3, -0.25) is 14.5 Å². The number of hydrogen-bond donors (Lipinski definition) is 1. The second kappa shape index (κ2) is 12.6. The molecule has 3 rings (SSSR count). The Bertz CT molecular complexity index is 1000. The van der Waals surface area contributed by atoms with Gasteiger partial charge in [-0.2, -0.15) is 0 Å². The van der Waals surface area contributed by atoms with Gasteiger partial charge in [0.15, 0.2) is 6.61 Å². The van der Waals surface area contributed by atoms with E-state index in [0.717, 1.165) is 19.6 Å². The molecule has 182 valence electrons. The molecule has 2 aromatic rings. The van der Waals surface area contributed by atoms with Gasteiger partial charge in [0.25, 0.3) is 5.91 Å². The molecule has 8 heteroatoms. The summed E-state index contributed by atoms with van der Waals surface area (Å²) in [7, 11) is 0. The molecule has 0 unspecified atom stereocenters. The Kier molecular flexibility index (Phi) is 9.53. The topological polar surface area (TPSA) is 79.0 Å². The summed E-state index contributed by atoms with van der Waals surface area (Å²) in [6.07, 6.45) is 0. The second-order valence-corrected chi connectivity index (χ2v) is 9.75. The molecule has 0 bridgehead atoms. The van der Waals surface area contributed by atoms with E-state index in [1.165, 1.54) is 22.9 Å². The molecular weight excluding hydrogens is 450 g/mol. The minimum atomic E-state index is -0.557. The van der Waals surface area contributed by atoms with Crippen LogP contribution in [0.25, 0.3) is 0 Å². The number of ether oxygens (including phenoxy) is 1. The Hall–Kier alpha value is -2.84. The van der Waals surface area contributed by atoms with E-state index in [4.69, 9.17) is 4.74 Å². The van der Waals surface area contributed by atoms with Crippen LogP contribution in [0.15, 0.2) is 53.4 Å². The van der Waals surface area contributed by atoms with E-state index >= 15 is 0 Å². The SMILES string of the molecule is Cc1cccc(CN2CCN(C(=O)COC(=O)c3ccccc3SCC(=O)NC(C)C)CC2)c1. The number of thioether (sulfide) groups is 1. The van der Waals surface area contributed by atoms with Crippen molar-refractivity contribution in [3.05, 3.63) is 65.2 Å². The Balaban J connectivity index is 1.45. The van der Waals surface area contributed by atoms with Gasteiger partial charge in [0.2, 0.25) is 5.91 Å². The van der Waals surface area contributed by atoms with Crippen LogP contribution in [0, 0.1) is 6.92 Å². The van der Waals surface area contributed by atoms with Crippen LogP contribution < -0.4 is 5.32 Å². The summed E-state index contributed by atoms with van der Waals surface area (Å²) in [6.45, 7) is 9.24. The molecule has 0 radical (unpaired) electrons. The van der Waals surface area contributed by atoms with Crippen LogP contribution in [0.5, 0.6) is 0 Å². The number of nitrogens with zero attached hydrogens (tertiary/aromatic N) is 2. The number of piperazine rings is 1. The molecule has 0 spiro atoms. The molecule has 1 fully saturated rings. The molecule has 7 nitrogen and oxygen atoms in total. The Morgan fingerprint density at radius 2 is 1.76 bits per heavy atom. The smallest absolute Gasteiger partial charge is 0.339 e. The summed E-state index contributed by atoms with van der Waals surface area (Å²) < 4.78 is 5.33. The van der Waals surface area contributed by atoms with Gasteiger partial charge in [0, 0.05) is 43.7 Å². The Morgan fingerprint density at radius 3 is 2.47 bits per heavy atom. The third kappa shape index (κ3) is 7.88. The number of aryl methyl sites for hydroxylation is 1. The first-order valence-corrected chi connectivity index (χ1v) is 12.5. The fourth-order valence-corrected chi connectivity index (χ4v) is 4.64. The minimum absolute atomic E-state index is 0.0590. The molecule has 2 aromatic carbocycles. The molecule has 1 aliphatic rings. The van der Waals surface area contributed by atoms with Crippen molar-refractivity contribution in [2.45, 2.75) is 38.3 Å². The van der Waals surface area contributed by atoms with Gasteiger partial charge in [-0.15, -0.1) is 11.8 Å². The van der Waals surface area contributed by atoms with Crippen molar-refractivity contribution in [2.24, 2.45) is 0 Å². The molecule has 1 heterocycles. The summed E-state index contributed by atoms with van der Waals surface area (Å²) in [6, 6.07) is 15.5. The van der Waals surface area contributed by atoms with Crippen molar-refractivity contribution < 1.29 is 19.1 Å². The number of carbonyl (C=O) groups is 3. The van der Waals surface area contributed by atoms with Crippen LogP contribution in [0.4, 0.5) is 0 Å².